The lowest BCUT2D eigenvalue weighted by atomic mass is 9.47. The number of carbonyl (C=O) groups excluding carboxylic acids is 1. The Morgan fingerprint density at radius 2 is 1.79 bits per heavy atom. The lowest BCUT2D eigenvalue weighted by Gasteiger charge is -2.58. The van der Waals surface area contributed by atoms with Gasteiger partial charge in [0.2, 0.25) is 0 Å². The highest BCUT2D eigenvalue weighted by Crippen LogP contribution is 2.67. The van der Waals surface area contributed by atoms with Gasteiger partial charge in [-0.1, -0.05) is 95.9 Å². The molecule has 1 aromatic carbocycles. The van der Waals surface area contributed by atoms with Crippen LogP contribution in [0.3, 0.4) is 0 Å². The Bertz CT molecular complexity index is 1020. The van der Waals surface area contributed by atoms with E-state index in [-0.39, 0.29) is 12.1 Å². The zero-order valence-corrected chi connectivity index (χ0v) is 24.8. The van der Waals surface area contributed by atoms with Crippen LogP contribution in [-0.4, -0.2) is 12.1 Å². The van der Waals surface area contributed by atoms with E-state index in [1.807, 2.05) is 36.4 Å². The van der Waals surface area contributed by atoms with Crippen LogP contribution in [0.15, 0.2) is 48.1 Å². The van der Waals surface area contributed by atoms with Crippen LogP contribution < -0.4 is 0 Å². The maximum atomic E-state index is 12.6. The van der Waals surface area contributed by atoms with E-state index in [2.05, 4.69) is 40.7 Å². The molecule has 0 aliphatic heterocycles. The van der Waals surface area contributed by atoms with Crippen LogP contribution in [0.5, 0.6) is 0 Å². The molecule has 4 aliphatic rings. The maximum Gasteiger partial charge on any atom is 0.331 e. The Balaban J connectivity index is 1.22. The Kier molecular flexibility index (Phi) is 8.28. The van der Waals surface area contributed by atoms with E-state index in [9.17, 15) is 4.79 Å². The van der Waals surface area contributed by atoms with Crippen LogP contribution in [0.4, 0.5) is 0 Å². The second kappa shape index (κ2) is 11.3. The van der Waals surface area contributed by atoms with Crippen molar-refractivity contribution in [3.8, 4) is 0 Å². The van der Waals surface area contributed by atoms with Gasteiger partial charge in [0.25, 0.3) is 0 Å². The smallest absolute Gasteiger partial charge is 0.331 e. The number of hydrogen-bond donors (Lipinski definition) is 0. The SMILES string of the molecule is CC(C)CCC[C@@H](C)[C@H]1CC[C@@H]2[C@@H]3CC=C4C[C@@H](OC(=O)/C=C/c5ccccc5)CC[C@]4(C)[C@H]3CC[C@@]21C. The number of fused-ring (bicyclic) bond motifs is 5. The number of ether oxygens (including phenoxy) is 1. The van der Waals surface area contributed by atoms with E-state index in [0.717, 1.165) is 53.9 Å². The van der Waals surface area contributed by atoms with Crippen molar-refractivity contribution in [2.75, 3.05) is 0 Å². The molecule has 208 valence electrons. The first-order valence-corrected chi connectivity index (χ1v) is 15.8. The van der Waals surface area contributed by atoms with Crippen LogP contribution >= 0.6 is 0 Å². The molecule has 0 radical (unpaired) electrons. The molecule has 4 aliphatic carbocycles. The number of hydrogen-bond acceptors (Lipinski definition) is 2. The van der Waals surface area contributed by atoms with Crippen LogP contribution in [0.25, 0.3) is 6.08 Å². The molecule has 3 saturated carbocycles. The van der Waals surface area contributed by atoms with Gasteiger partial charge in [-0.05, 0) is 103 Å². The Morgan fingerprint density at radius 3 is 2.55 bits per heavy atom. The van der Waals surface area contributed by atoms with Crippen molar-refractivity contribution < 1.29 is 9.53 Å². The van der Waals surface area contributed by atoms with Crippen molar-refractivity contribution in [1.29, 1.82) is 0 Å². The molecule has 5 rings (SSSR count). The third-order valence-electron chi connectivity index (χ3n) is 11.8. The molecule has 3 fully saturated rings. The van der Waals surface area contributed by atoms with E-state index in [1.54, 1.807) is 11.6 Å². The minimum absolute atomic E-state index is 0.0233. The van der Waals surface area contributed by atoms with Gasteiger partial charge in [-0.2, -0.15) is 0 Å². The largest absolute Gasteiger partial charge is 0.459 e. The normalized spacial score (nSPS) is 37.3. The average Bonchev–Trinajstić information content (AvgIpc) is 3.25. The standard InChI is InChI=1S/C36H52O2/c1-25(2)10-9-11-26(3)31-17-18-32-30-16-15-28-24-29(38-34(37)19-14-27-12-7-6-8-13-27)20-22-35(28,4)33(30)21-23-36(31,32)5/h6-8,12-15,19,25-26,29-33H,9-11,16-18,20-24H2,1-5H3/b19-14+/t26-,29+,30+,31-,32-,33+,35+,36-/m1/s1. The number of allylic oxidation sites excluding steroid dienone is 1. The highest BCUT2D eigenvalue weighted by atomic mass is 16.5. The van der Waals surface area contributed by atoms with Crippen molar-refractivity contribution in [2.45, 2.75) is 111 Å². The average molecular weight is 517 g/mol. The molecule has 0 heterocycles. The zero-order chi connectivity index (χ0) is 26.9. The summed E-state index contributed by atoms with van der Waals surface area (Å²) in [6.45, 7) is 12.6. The quantitative estimate of drug-likeness (QED) is 0.195. The number of carbonyl (C=O) groups is 1. The summed E-state index contributed by atoms with van der Waals surface area (Å²) in [6, 6.07) is 9.99. The predicted octanol–water partition coefficient (Wildman–Crippen LogP) is 9.65. The lowest BCUT2D eigenvalue weighted by Crippen LogP contribution is -2.51. The third-order valence-corrected chi connectivity index (χ3v) is 11.8. The summed E-state index contributed by atoms with van der Waals surface area (Å²) in [6.07, 6.45) is 20.3. The van der Waals surface area contributed by atoms with Gasteiger partial charge in [0.1, 0.15) is 6.10 Å². The van der Waals surface area contributed by atoms with Crippen LogP contribution in [0.1, 0.15) is 111 Å². The Labute approximate surface area is 232 Å². The number of benzene rings is 1. The summed E-state index contributed by atoms with van der Waals surface area (Å²) in [4.78, 5) is 12.6. The molecule has 0 bridgehead atoms. The fraction of sp³-hybridized carbons (Fsp3) is 0.694. The summed E-state index contributed by atoms with van der Waals surface area (Å²) in [7, 11) is 0. The molecule has 0 aromatic heterocycles. The van der Waals surface area contributed by atoms with Gasteiger partial charge >= 0.3 is 5.97 Å². The summed E-state index contributed by atoms with van der Waals surface area (Å²) >= 11 is 0. The molecular weight excluding hydrogens is 464 g/mol. The summed E-state index contributed by atoms with van der Waals surface area (Å²) < 4.78 is 5.95. The van der Waals surface area contributed by atoms with Gasteiger partial charge in [0, 0.05) is 12.5 Å². The van der Waals surface area contributed by atoms with E-state index < -0.39 is 0 Å². The molecule has 0 spiro atoms. The van der Waals surface area contributed by atoms with Gasteiger partial charge in [0.15, 0.2) is 0 Å². The van der Waals surface area contributed by atoms with Gasteiger partial charge < -0.3 is 4.74 Å². The second-order valence-corrected chi connectivity index (χ2v) is 14.3. The molecule has 8 atom stereocenters. The fourth-order valence-corrected chi connectivity index (χ4v) is 9.68. The number of esters is 1. The summed E-state index contributed by atoms with van der Waals surface area (Å²) in [5.74, 6) is 4.97. The van der Waals surface area contributed by atoms with Crippen LogP contribution in [-0.2, 0) is 9.53 Å². The van der Waals surface area contributed by atoms with E-state index in [1.165, 1.54) is 57.8 Å². The molecule has 0 N–H and O–H groups in total. The second-order valence-electron chi connectivity index (χ2n) is 14.3. The lowest BCUT2D eigenvalue weighted by molar-refractivity contribution is -0.145. The Morgan fingerprint density at radius 1 is 1.00 bits per heavy atom. The van der Waals surface area contributed by atoms with Crippen LogP contribution in [0, 0.1) is 46.3 Å². The predicted molar refractivity (Wildman–Crippen MR) is 158 cm³/mol. The van der Waals surface area contributed by atoms with Gasteiger partial charge in [-0.25, -0.2) is 4.79 Å². The van der Waals surface area contributed by atoms with Crippen molar-refractivity contribution in [3.05, 3.63) is 53.6 Å². The molecule has 38 heavy (non-hydrogen) atoms. The van der Waals surface area contributed by atoms with Crippen molar-refractivity contribution >= 4 is 12.0 Å². The van der Waals surface area contributed by atoms with E-state index in [0.29, 0.717) is 10.8 Å². The van der Waals surface area contributed by atoms with Crippen molar-refractivity contribution in [2.24, 2.45) is 46.3 Å². The van der Waals surface area contributed by atoms with Crippen molar-refractivity contribution in [1.82, 2.24) is 0 Å². The third kappa shape index (κ3) is 5.44. The molecule has 1 aromatic rings. The highest BCUT2D eigenvalue weighted by molar-refractivity contribution is 5.87. The highest BCUT2D eigenvalue weighted by Gasteiger charge is 2.59. The molecular formula is C36H52O2. The Hall–Kier alpha value is -1.83. The van der Waals surface area contributed by atoms with E-state index in [4.69, 9.17) is 4.74 Å². The summed E-state index contributed by atoms with van der Waals surface area (Å²) in [5, 5.41) is 0. The first kappa shape index (κ1) is 27.7. The zero-order valence-electron chi connectivity index (χ0n) is 24.8. The maximum absolute atomic E-state index is 12.6. The summed E-state index contributed by atoms with van der Waals surface area (Å²) in [5.41, 5.74) is 3.46. The van der Waals surface area contributed by atoms with E-state index >= 15 is 0 Å². The molecule has 2 nitrogen and oxygen atoms in total. The number of rotatable bonds is 8. The van der Waals surface area contributed by atoms with Crippen LogP contribution in [0.2, 0.25) is 0 Å². The topological polar surface area (TPSA) is 26.3 Å². The first-order valence-electron chi connectivity index (χ1n) is 15.8. The van der Waals surface area contributed by atoms with Gasteiger partial charge in [-0.15, -0.1) is 0 Å². The van der Waals surface area contributed by atoms with Gasteiger partial charge in [-0.3, -0.25) is 0 Å². The minimum atomic E-state index is -0.204. The molecule has 0 unspecified atom stereocenters. The molecule has 0 saturated heterocycles. The van der Waals surface area contributed by atoms with Crippen molar-refractivity contribution in [3.63, 3.8) is 0 Å². The molecule has 2 heteroatoms. The fourth-order valence-electron chi connectivity index (χ4n) is 9.68. The monoisotopic (exact) mass is 516 g/mol. The molecule has 0 amide bonds. The minimum Gasteiger partial charge on any atom is -0.459 e. The van der Waals surface area contributed by atoms with Gasteiger partial charge in [0.05, 0.1) is 0 Å². The first-order chi connectivity index (χ1) is 18.2.